The maximum absolute atomic E-state index is 13.9. The Morgan fingerprint density at radius 1 is 0.779 bits per heavy atom. The summed E-state index contributed by atoms with van der Waals surface area (Å²) in [6.45, 7) is 4.42. The Morgan fingerprint density at radius 2 is 1.49 bits per heavy atom. The molecule has 14 nitrogen and oxygen atoms in total. The molecule has 14 heteroatoms. The number of piperidine rings is 2. The molecule has 3 heterocycles. The van der Waals surface area contributed by atoms with Gasteiger partial charge in [-0.25, -0.2) is 4.79 Å². The van der Waals surface area contributed by atoms with E-state index in [1.165, 1.54) is 17.7 Å². The number of aromatic hydroxyl groups is 1. The molecule has 6 N–H and O–H groups in total. The van der Waals surface area contributed by atoms with Crippen molar-refractivity contribution in [2.45, 2.75) is 56.4 Å². The zero-order chi connectivity index (χ0) is 47.5. The van der Waals surface area contributed by atoms with E-state index in [0.717, 1.165) is 38.0 Å². The molecule has 68 heavy (non-hydrogen) atoms. The van der Waals surface area contributed by atoms with Gasteiger partial charge in [0.1, 0.15) is 11.5 Å². The lowest BCUT2D eigenvalue weighted by molar-refractivity contribution is -0.164. The molecule has 2 aliphatic rings. The number of aliphatic hydroxyl groups excluding tert-OH is 1. The normalized spacial score (nSPS) is 16.2. The number of aliphatic hydroxyl groups is 2. The van der Waals surface area contributed by atoms with Crippen LogP contribution >= 0.6 is 0 Å². The van der Waals surface area contributed by atoms with Gasteiger partial charge in [0.05, 0.1) is 18.2 Å². The first-order chi connectivity index (χ1) is 33.0. The fourth-order valence-corrected chi connectivity index (χ4v) is 9.12. The number of H-pyrrole nitrogens is 1. The van der Waals surface area contributed by atoms with Crippen LogP contribution in [0, 0.1) is 5.92 Å². The second-order valence-corrected chi connectivity index (χ2v) is 17.8. The Hall–Kier alpha value is -6.84. The zero-order valence-corrected chi connectivity index (χ0v) is 38.0. The van der Waals surface area contributed by atoms with Crippen LogP contribution in [0.3, 0.4) is 0 Å². The quantitative estimate of drug-likeness (QED) is 0.0465. The molecule has 5 aromatic carbocycles. The van der Waals surface area contributed by atoms with Crippen molar-refractivity contribution in [1.29, 1.82) is 0 Å². The van der Waals surface area contributed by atoms with E-state index in [-0.39, 0.29) is 65.9 Å². The number of carbonyl (C=O) groups excluding carboxylic acids is 3. The highest BCUT2D eigenvalue weighted by molar-refractivity contribution is 5.94. The third-order valence-corrected chi connectivity index (χ3v) is 13.1. The summed E-state index contributed by atoms with van der Waals surface area (Å²) < 4.78 is 11.8. The number of nitrogens with one attached hydrogen (secondary N) is 3. The number of aromatic nitrogens is 1. The second-order valence-electron chi connectivity index (χ2n) is 17.8. The molecular formula is C54H59N5O9. The van der Waals surface area contributed by atoms with Gasteiger partial charge in [0.2, 0.25) is 11.2 Å². The van der Waals surface area contributed by atoms with E-state index in [1.54, 1.807) is 65.6 Å². The van der Waals surface area contributed by atoms with Crippen molar-refractivity contribution in [3.05, 3.63) is 177 Å². The van der Waals surface area contributed by atoms with Crippen molar-refractivity contribution in [2.24, 2.45) is 5.92 Å². The summed E-state index contributed by atoms with van der Waals surface area (Å²) in [6.07, 6.45) is 2.75. The Morgan fingerprint density at radius 3 is 2.22 bits per heavy atom. The number of esters is 1. The first-order valence-corrected chi connectivity index (χ1v) is 23.4. The van der Waals surface area contributed by atoms with E-state index in [4.69, 9.17) is 9.47 Å². The highest BCUT2D eigenvalue weighted by Gasteiger charge is 2.42. The summed E-state index contributed by atoms with van der Waals surface area (Å²) in [5, 5.41) is 40.0. The molecule has 0 aliphatic carbocycles. The number of hydrogen-bond donors (Lipinski definition) is 6. The first kappa shape index (κ1) is 47.6. The number of fused-ring (bicyclic) bond motifs is 1. The second kappa shape index (κ2) is 22.3. The van der Waals surface area contributed by atoms with Crippen LogP contribution < -0.4 is 20.9 Å². The van der Waals surface area contributed by atoms with Crippen LogP contribution in [0.25, 0.3) is 10.9 Å². The summed E-state index contributed by atoms with van der Waals surface area (Å²) in [4.78, 5) is 58.9. The van der Waals surface area contributed by atoms with Crippen LogP contribution in [0.1, 0.15) is 70.0 Å². The largest absolute Gasteiger partial charge is 0.506 e. The van der Waals surface area contributed by atoms with Gasteiger partial charge in [0, 0.05) is 54.8 Å². The molecule has 0 radical (unpaired) electrons. The Kier molecular flexibility index (Phi) is 15.6. The molecule has 6 aromatic rings. The Labute approximate surface area is 395 Å². The van der Waals surface area contributed by atoms with Crippen LogP contribution in [0.2, 0.25) is 0 Å². The SMILES string of the molecule is O=C(COc1cccc([C@](O)(C(=O)OCC2CCN(Cc3ccccc3)CC2)c2ccccc2)c1)NC1CCN(C(=O)c2ccc(CCNC[C@H](O)c3ccc(O)c4[nH]c(=O)ccc34)cc2)CC1. The number of likely N-dealkylation sites (tertiary alicyclic amines) is 2. The lowest BCUT2D eigenvalue weighted by Gasteiger charge is -2.33. The fraction of sp³-hybridized carbons (Fsp3) is 0.333. The standard InChI is InChI=1S/C54H59N5O9/c60-47-20-18-45(46-19-21-49(62)57-51(46)47)48(61)33-55-27-22-37-14-16-40(17-15-37)52(64)59-30-25-43(26-31-59)56-50(63)36-67-44-13-7-12-42(32-44)54(66,41-10-5-2-6-11-41)53(65)68-35-39-23-28-58(29-24-39)34-38-8-3-1-4-9-38/h1-21,32,39,43,48,55,60-61,66H,22-31,33-36H2,(H,56,63)(H,57,62)/t48-,54-/m0/s1. The number of phenolic OH excluding ortho intramolecular Hbond substituents is 1. The van der Waals surface area contributed by atoms with Crippen LogP contribution in [-0.2, 0) is 32.9 Å². The van der Waals surface area contributed by atoms with Crippen LogP contribution in [0.5, 0.6) is 11.5 Å². The summed E-state index contributed by atoms with van der Waals surface area (Å²) in [7, 11) is 0. The first-order valence-electron chi connectivity index (χ1n) is 23.4. The highest BCUT2D eigenvalue weighted by atomic mass is 16.5. The van der Waals surface area contributed by atoms with Gasteiger partial charge < -0.3 is 45.3 Å². The maximum Gasteiger partial charge on any atom is 0.347 e. The number of pyridine rings is 1. The van der Waals surface area contributed by atoms with Gasteiger partial charge >= 0.3 is 5.97 Å². The lowest BCUT2D eigenvalue weighted by atomic mass is 9.86. The predicted octanol–water partition coefficient (Wildman–Crippen LogP) is 5.59. The zero-order valence-electron chi connectivity index (χ0n) is 38.0. The minimum absolute atomic E-state index is 0.0604. The van der Waals surface area contributed by atoms with E-state index in [9.17, 15) is 34.5 Å². The number of amides is 2. The van der Waals surface area contributed by atoms with Gasteiger partial charge in [0.15, 0.2) is 6.61 Å². The van der Waals surface area contributed by atoms with Crippen LogP contribution in [0.15, 0.2) is 138 Å². The third kappa shape index (κ3) is 11.8. The van der Waals surface area contributed by atoms with Crippen molar-refractivity contribution < 1.29 is 39.2 Å². The van der Waals surface area contributed by atoms with Gasteiger partial charge in [-0.3, -0.25) is 19.3 Å². The molecule has 2 fully saturated rings. The smallest absolute Gasteiger partial charge is 0.347 e. The molecular weight excluding hydrogens is 863 g/mol. The number of hydrogen-bond acceptors (Lipinski definition) is 11. The third-order valence-electron chi connectivity index (χ3n) is 13.1. The van der Waals surface area contributed by atoms with E-state index in [0.29, 0.717) is 66.7 Å². The number of rotatable bonds is 18. The number of phenols is 1. The topological polar surface area (TPSA) is 194 Å². The number of carbonyl (C=O) groups is 3. The van der Waals surface area contributed by atoms with Crippen molar-refractivity contribution in [3.8, 4) is 11.5 Å². The molecule has 0 unspecified atom stereocenters. The van der Waals surface area contributed by atoms with Crippen LogP contribution in [-0.4, -0.2) is 106 Å². The van der Waals surface area contributed by atoms with Gasteiger partial charge in [-0.2, -0.15) is 0 Å². The maximum atomic E-state index is 13.9. The van der Waals surface area contributed by atoms with E-state index in [1.807, 2.05) is 48.5 Å². The average Bonchev–Trinajstić information content (AvgIpc) is 3.37. The van der Waals surface area contributed by atoms with Crippen LogP contribution in [0.4, 0.5) is 0 Å². The van der Waals surface area contributed by atoms with Crippen molar-refractivity contribution in [2.75, 3.05) is 52.5 Å². The molecule has 354 valence electrons. The summed E-state index contributed by atoms with van der Waals surface area (Å²) in [5.41, 5.74) is 1.94. The molecule has 2 aliphatic heterocycles. The molecule has 2 amide bonds. The highest BCUT2D eigenvalue weighted by Crippen LogP contribution is 2.34. The van der Waals surface area contributed by atoms with Crippen molar-refractivity contribution in [3.63, 3.8) is 0 Å². The summed E-state index contributed by atoms with van der Waals surface area (Å²) >= 11 is 0. The molecule has 2 atom stereocenters. The van der Waals surface area contributed by atoms with Gasteiger partial charge in [0.25, 0.3) is 11.8 Å². The lowest BCUT2D eigenvalue weighted by Crippen LogP contribution is -2.47. The van der Waals surface area contributed by atoms with Gasteiger partial charge in [-0.05, 0) is 116 Å². The number of nitrogens with zero attached hydrogens (tertiary/aromatic N) is 2. The average molecular weight is 922 g/mol. The van der Waals surface area contributed by atoms with Gasteiger partial charge in [-0.15, -0.1) is 0 Å². The minimum Gasteiger partial charge on any atom is -0.506 e. The van der Waals surface area contributed by atoms with E-state index < -0.39 is 17.7 Å². The Bertz CT molecular complexity index is 2700. The van der Waals surface area contributed by atoms with Gasteiger partial charge in [-0.1, -0.05) is 91.0 Å². The van der Waals surface area contributed by atoms with Crippen molar-refractivity contribution in [1.82, 2.24) is 25.4 Å². The molecule has 0 spiro atoms. The molecule has 0 bridgehead atoms. The monoisotopic (exact) mass is 921 g/mol. The van der Waals surface area contributed by atoms with E-state index >= 15 is 0 Å². The number of ether oxygens (including phenoxy) is 2. The van der Waals surface area contributed by atoms with E-state index in [2.05, 4.69) is 32.7 Å². The molecule has 2 saturated heterocycles. The molecule has 0 saturated carbocycles. The molecule has 1 aromatic heterocycles. The number of benzene rings is 5. The number of aromatic amines is 1. The Balaban J connectivity index is 0.765. The molecule has 8 rings (SSSR count). The summed E-state index contributed by atoms with van der Waals surface area (Å²) in [5.74, 6) is -0.736. The minimum atomic E-state index is -2.10. The summed E-state index contributed by atoms with van der Waals surface area (Å²) in [6, 6.07) is 39.0. The predicted molar refractivity (Wildman–Crippen MR) is 258 cm³/mol. The fourth-order valence-electron chi connectivity index (χ4n) is 9.12. The van der Waals surface area contributed by atoms with Crippen molar-refractivity contribution >= 4 is 28.7 Å².